The smallest absolute Gasteiger partial charge is 0.243 e. The van der Waals surface area contributed by atoms with Crippen LogP contribution in [0.15, 0.2) is 41.3 Å². The quantitative estimate of drug-likeness (QED) is 0.713. The van der Waals surface area contributed by atoms with Gasteiger partial charge in [0.15, 0.2) is 0 Å². The molecule has 0 bridgehead atoms. The van der Waals surface area contributed by atoms with Gasteiger partial charge in [0.2, 0.25) is 15.9 Å². The number of piperidine rings is 1. The van der Waals surface area contributed by atoms with Gasteiger partial charge in [-0.1, -0.05) is 36.7 Å². The molecular weight excluding hydrogens is 424 g/mol. The first-order valence-corrected chi connectivity index (χ1v) is 11.8. The van der Waals surface area contributed by atoms with Gasteiger partial charge in [0, 0.05) is 24.7 Å². The molecule has 162 valence electrons. The molecule has 0 atom stereocenters. The molecule has 0 aromatic heterocycles. The number of carbonyl (C=O) groups is 1. The third-order valence-electron chi connectivity index (χ3n) is 5.57. The maximum Gasteiger partial charge on any atom is 0.243 e. The maximum absolute atomic E-state index is 13.0. The van der Waals surface area contributed by atoms with Crippen LogP contribution in [0.25, 0.3) is 0 Å². The zero-order valence-electron chi connectivity index (χ0n) is 17.4. The van der Waals surface area contributed by atoms with Gasteiger partial charge in [0.1, 0.15) is 5.75 Å². The summed E-state index contributed by atoms with van der Waals surface area (Å²) >= 11 is 6.09. The highest BCUT2D eigenvalue weighted by Crippen LogP contribution is 2.31. The van der Waals surface area contributed by atoms with Gasteiger partial charge in [-0.05, 0) is 55.5 Å². The van der Waals surface area contributed by atoms with Crippen molar-refractivity contribution in [3.05, 3.63) is 52.5 Å². The molecule has 2 aromatic carbocycles. The van der Waals surface area contributed by atoms with Crippen molar-refractivity contribution < 1.29 is 17.9 Å². The average molecular weight is 451 g/mol. The molecule has 1 saturated heterocycles. The van der Waals surface area contributed by atoms with Gasteiger partial charge in [0.05, 0.1) is 17.0 Å². The van der Waals surface area contributed by atoms with Gasteiger partial charge in [-0.15, -0.1) is 0 Å². The van der Waals surface area contributed by atoms with Crippen molar-refractivity contribution in [3.8, 4) is 5.75 Å². The van der Waals surface area contributed by atoms with E-state index in [2.05, 4.69) is 12.2 Å². The molecule has 1 fully saturated rings. The van der Waals surface area contributed by atoms with E-state index >= 15 is 0 Å². The zero-order chi connectivity index (χ0) is 21.9. The van der Waals surface area contributed by atoms with Gasteiger partial charge in [-0.25, -0.2) is 8.42 Å². The number of para-hydroxylation sites is 1. The second kappa shape index (κ2) is 9.37. The van der Waals surface area contributed by atoms with Gasteiger partial charge in [-0.3, -0.25) is 4.79 Å². The van der Waals surface area contributed by atoms with Crippen LogP contribution < -0.4 is 10.1 Å². The van der Waals surface area contributed by atoms with Crippen molar-refractivity contribution in [2.75, 3.05) is 25.5 Å². The summed E-state index contributed by atoms with van der Waals surface area (Å²) in [6.07, 6.45) is 1.78. The van der Waals surface area contributed by atoms with Gasteiger partial charge < -0.3 is 10.1 Å². The number of methoxy groups -OCH3 is 1. The summed E-state index contributed by atoms with van der Waals surface area (Å²) < 4.78 is 32.4. The lowest BCUT2D eigenvalue weighted by Crippen LogP contribution is -2.41. The number of amides is 1. The van der Waals surface area contributed by atoms with Crippen molar-refractivity contribution in [3.63, 3.8) is 0 Å². The molecule has 8 heteroatoms. The topological polar surface area (TPSA) is 75.7 Å². The number of ether oxygens (including phenoxy) is 1. The first kappa shape index (κ1) is 22.6. The standard InChI is InChI=1S/C22H27ClN2O4S/c1-4-16-7-5-6-15(2)21(16)24-22(26)17-10-12-25(13-11-17)30(27,28)18-8-9-20(29-3)19(23)14-18/h5-9,14,17H,4,10-13H2,1-3H3,(H,24,26). The monoisotopic (exact) mass is 450 g/mol. The number of carbonyl (C=O) groups excluding carboxylic acids is 1. The molecule has 2 aromatic rings. The number of hydrogen-bond acceptors (Lipinski definition) is 4. The lowest BCUT2D eigenvalue weighted by atomic mass is 9.96. The number of benzene rings is 2. The van der Waals surface area contributed by atoms with Crippen molar-refractivity contribution in [2.45, 2.75) is 38.0 Å². The third kappa shape index (κ3) is 4.63. The van der Waals surface area contributed by atoms with Crippen LogP contribution in [-0.4, -0.2) is 38.8 Å². The molecule has 0 radical (unpaired) electrons. The lowest BCUT2D eigenvalue weighted by Gasteiger charge is -2.31. The van der Waals surface area contributed by atoms with E-state index in [1.165, 1.54) is 23.5 Å². The number of aryl methyl sites for hydroxylation is 2. The molecule has 1 amide bonds. The normalized spacial score (nSPS) is 15.7. The van der Waals surface area contributed by atoms with Crippen LogP contribution in [0.1, 0.15) is 30.9 Å². The summed E-state index contributed by atoms with van der Waals surface area (Å²) in [6, 6.07) is 10.4. The second-order valence-electron chi connectivity index (χ2n) is 7.43. The summed E-state index contributed by atoms with van der Waals surface area (Å²) in [4.78, 5) is 12.9. The molecule has 1 aliphatic heterocycles. The van der Waals surface area contributed by atoms with Gasteiger partial charge in [0.25, 0.3) is 0 Å². The maximum atomic E-state index is 13.0. The van der Waals surface area contributed by atoms with E-state index in [-0.39, 0.29) is 21.7 Å². The van der Waals surface area contributed by atoms with Crippen LogP contribution in [-0.2, 0) is 21.2 Å². The van der Waals surface area contributed by atoms with E-state index in [1.807, 2.05) is 25.1 Å². The summed E-state index contributed by atoms with van der Waals surface area (Å²) in [6.45, 7) is 4.61. The van der Waals surface area contributed by atoms with Crippen LogP contribution >= 0.6 is 11.6 Å². The Morgan fingerprint density at radius 2 is 1.93 bits per heavy atom. The van der Waals surface area contributed by atoms with Crippen molar-refractivity contribution in [1.82, 2.24) is 4.31 Å². The summed E-state index contributed by atoms with van der Waals surface area (Å²) in [7, 11) is -2.20. The average Bonchev–Trinajstić information content (AvgIpc) is 2.75. The Morgan fingerprint density at radius 1 is 1.23 bits per heavy atom. The van der Waals surface area contributed by atoms with E-state index in [1.54, 1.807) is 6.07 Å². The highest BCUT2D eigenvalue weighted by Gasteiger charge is 2.32. The Hall–Kier alpha value is -2.09. The highest BCUT2D eigenvalue weighted by molar-refractivity contribution is 7.89. The Bertz CT molecular complexity index is 1030. The van der Waals surface area contributed by atoms with Crippen molar-refractivity contribution in [2.24, 2.45) is 5.92 Å². The number of halogens is 1. The molecule has 6 nitrogen and oxygen atoms in total. The summed E-state index contributed by atoms with van der Waals surface area (Å²) in [5, 5.41) is 3.31. The Morgan fingerprint density at radius 3 is 2.53 bits per heavy atom. The number of nitrogens with one attached hydrogen (secondary N) is 1. The SMILES string of the molecule is CCc1cccc(C)c1NC(=O)C1CCN(S(=O)(=O)c2ccc(OC)c(Cl)c2)CC1. The fourth-order valence-electron chi connectivity index (χ4n) is 3.74. The fourth-order valence-corrected chi connectivity index (χ4v) is 5.56. The van der Waals surface area contributed by atoms with E-state index in [4.69, 9.17) is 16.3 Å². The number of hydrogen-bond donors (Lipinski definition) is 1. The molecule has 0 aliphatic carbocycles. The van der Waals surface area contributed by atoms with E-state index in [0.717, 1.165) is 23.2 Å². The molecule has 1 heterocycles. The third-order valence-corrected chi connectivity index (χ3v) is 7.76. The Labute approximate surface area is 183 Å². The second-order valence-corrected chi connectivity index (χ2v) is 9.77. The fraction of sp³-hybridized carbons (Fsp3) is 0.409. The molecule has 1 N–H and O–H groups in total. The molecule has 30 heavy (non-hydrogen) atoms. The molecule has 3 rings (SSSR count). The minimum Gasteiger partial charge on any atom is -0.495 e. The predicted molar refractivity (Wildman–Crippen MR) is 119 cm³/mol. The summed E-state index contributed by atoms with van der Waals surface area (Å²) in [5.41, 5.74) is 2.99. The lowest BCUT2D eigenvalue weighted by molar-refractivity contribution is -0.120. The minimum atomic E-state index is -3.67. The van der Waals surface area contributed by atoms with Crippen LogP contribution in [0.2, 0.25) is 5.02 Å². The highest BCUT2D eigenvalue weighted by atomic mass is 35.5. The minimum absolute atomic E-state index is 0.0523. The van der Waals surface area contributed by atoms with E-state index < -0.39 is 10.0 Å². The Balaban J connectivity index is 1.67. The van der Waals surface area contributed by atoms with Crippen LogP contribution in [0, 0.1) is 12.8 Å². The van der Waals surface area contributed by atoms with Crippen LogP contribution in [0.3, 0.4) is 0 Å². The van der Waals surface area contributed by atoms with Gasteiger partial charge >= 0.3 is 0 Å². The molecule has 0 unspecified atom stereocenters. The molecular formula is C22H27ClN2O4S. The largest absolute Gasteiger partial charge is 0.495 e. The number of nitrogens with zero attached hydrogens (tertiary/aromatic N) is 1. The predicted octanol–water partition coefficient (Wildman–Crippen LogP) is 4.26. The van der Waals surface area contributed by atoms with Gasteiger partial charge in [-0.2, -0.15) is 4.31 Å². The van der Waals surface area contributed by atoms with E-state index in [9.17, 15) is 13.2 Å². The summed E-state index contributed by atoms with van der Waals surface area (Å²) in [5.74, 6) is 0.150. The molecule has 0 saturated carbocycles. The number of sulfonamides is 1. The first-order valence-electron chi connectivity index (χ1n) is 10.0. The van der Waals surface area contributed by atoms with Crippen LogP contribution in [0.4, 0.5) is 5.69 Å². The van der Waals surface area contributed by atoms with E-state index in [0.29, 0.717) is 31.7 Å². The zero-order valence-corrected chi connectivity index (χ0v) is 19.0. The van der Waals surface area contributed by atoms with Crippen molar-refractivity contribution in [1.29, 1.82) is 0 Å². The Kier molecular flexibility index (Phi) is 7.06. The number of rotatable bonds is 6. The van der Waals surface area contributed by atoms with Crippen molar-refractivity contribution >= 4 is 33.2 Å². The number of anilines is 1. The molecule has 1 aliphatic rings. The van der Waals surface area contributed by atoms with Crippen LogP contribution in [0.5, 0.6) is 5.75 Å². The first-order chi connectivity index (χ1) is 14.3. The molecule has 0 spiro atoms.